The number of aliphatic hydroxyl groups excluding tert-OH is 1. The van der Waals surface area contributed by atoms with Crippen molar-refractivity contribution in [3.8, 4) is 0 Å². The van der Waals surface area contributed by atoms with E-state index >= 15 is 0 Å². The van der Waals surface area contributed by atoms with E-state index in [1.165, 1.54) is 3.57 Å². The Kier molecular flexibility index (Phi) is 7.68. The second-order valence-electron chi connectivity index (χ2n) is 7.74. The largest absolute Gasteiger partial charge is 0.444 e. The lowest BCUT2D eigenvalue weighted by Gasteiger charge is -2.33. The number of carbonyl (C=O) groups excluding carboxylic acids is 1. The Morgan fingerprint density at radius 3 is 2.26 bits per heavy atom. The minimum Gasteiger partial charge on any atom is -0.444 e. The van der Waals surface area contributed by atoms with Crippen molar-refractivity contribution in [2.75, 3.05) is 6.54 Å². The average Bonchev–Trinajstić information content (AvgIpc) is 2.60. The van der Waals surface area contributed by atoms with E-state index in [2.05, 4.69) is 46.9 Å². The molecule has 0 aromatic heterocycles. The van der Waals surface area contributed by atoms with Gasteiger partial charge in [0.05, 0.1) is 12.6 Å². The van der Waals surface area contributed by atoms with Gasteiger partial charge in [0.2, 0.25) is 0 Å². The molecular weight excluding hydrogens is 453 g/mol. The summed E-state index contributed by atoms with van der Waals surface area (Å²) in [6.45, 7) is 7.71. The molecule has 0 aliphatic heterocycles. The van der Waals surface area contributed by atoms with Gasteiger partial charge in [0.15, 0.2) is 0 Å². The van der Waals surface area contributed by atoms with Gasteiger partial charge in [-0.25, -0.2) is 4.79 Å². The third-order valence-electron chi connectivity index (χ3n) is 4.16. The maximum Gasteiger partial charge on any atom is 0.410 e. The van der Waals surface area contributed by atoms with Crippen LogP contribution in [0.2, 0.25) is 0 Å². The SMILES string of the molecule is C[C@H](Cc1ccc(I)cc1)N(C[C@H](O)c1ccccc1)C(=O)OC(C)(C)C. The number of rotatable bonds is 6. The van der Waals surface area contributed by atoms with Gasteiger partial charge in [0, 0.05) is 9.61 Å². The standard InChI is InChI=1S/C22H28INO3/c1-16(14-17-10-12-19(23)13-11-17)24(21(26)27-22(2,3)4)15-20(25)18-8-6-5-7-9-18/h5-13,16,20,25H,14-15H2,1-4H3/t16-,20+/m1/s1. The number of hydrogen-bond donors (Lipinski definition) is 1. The molecule has 0 heterocycles. The molecule has 2 aromatic rings. The van der Waals surface area contributed by atoms with Gasteiger partial charge in [0.25, 0.3) is 0 Å². The van der Waals surface area contributed by atoms with Crippen molar-refractivity contribution in [1.82, 2.24) is 4.90 Å². The fourth-order valence-electron chi connectivity index (χ4n) is 2.79. The lowest BCUT2D eigenvalue weighted by molar-refractivity contribution is 0.00547. The average molecular weight is 481 g/mol. The van der Waals surface area contributed by atoms with E-state index in [9.17, 15) is 9.90 Å². The Morgan fingerprint density at radius 2 is 1.70 bits per heavy atom. The summed E-state index contributed by atoms with van der Waals surface area (Å²) >= 11 is 2.27. The van der Waals surface area contributed by atoms with Crippen LogP contribution in [-0.4, -0.2) is 34.3 Å². The number of hydrogen-bond acceptors (Lipinski definition) is 3. The van der Waals surface area contributed by atoms with Crippen molar-refractivity contribution in [2.45, 2.75) is 51.9 Å². The molecule has 0 fully saturated rings. The van der Waals surface area contributed by atoms with Crippen molar-refractivity contribution in [2.24, 2.45) is 0 Å². The minimum atomic E-state index is -0.766. The monoisotopic (exact) mass is 481 g/mol. The zero-order chi connectivity index (χ0) is 20.0. The van der Waals surface area contributed by atoms with Crippen LogP contribution in [-0.2, 0) is 11.2 Å². The summed E-state index contributed by atoms with van der Waals surface area (Å²) in [5.74, 6) is 0. The van der Waals surface area contributed by atoms with E-state index in [0.717, 1.165) is 11.1 Å². The van der Waals surface area contributed by atoms with Gasteiger partial charge in [-0.3, -0.25) is 0 Å². The van der Waals surface area contributed by atoms with Crippen LogP contribution < -0.4 is 0 Å². The second-order valence-corrected chi connectivity index (χ2v) is 8.98. The van der Waals surface area contributed by atoms with E-state index in [0.29, 0.717) is 6.42 Å². The Labute approximate surface area is 175 Å². The molecule has 0 aliphatic carbocycles. The van der Waals surface area contributed by atoms with Gasteiger partial charge in [0.1, 0.15) is 5.60 Å². The smallest absolute Gasteiger partial charge is 0.410 e. The first-order chi connectivity index (χ1) is 12.7. The Balaban J connectivity index is 2.17. The molecule has 0 radical (unpaired) electrons. The highest BCUT2D eigenvalue weighted by Crippen LogP contribution is 2.20. The van der Waals surface area contributed by atoms with Gasteiger partial charge < -0.3 is 14.7 Å². The van der Waals surface area contributed by atoms with E-state index < -0.39 is 17.8 Å². The predicted molar refractivity (Wildman–Crippen MR) is 117 cm³/mol. The number of halogens is 1. The van der Waals surface area contributed by atoms with E-state index in [1.54, 1.807) is 4.90 Å². The molecule has 2 atom stereocenters. The second kappa shape index (κ2) is 9.55. The highest BCUT2D eigenvalue weighted by atomic mass is 127. The summed E-state index contributed by atoms with van der Waals surface area (Å²) in [6, 6.07) is 17.5. The highest BCUT2D eigenvalue weighted by Gasteiger charge is 2.28. The molecule has 4 nitrogen and oxygen atoms in total. The fourth-order valence-corrected chi connectivity index (χ4v) is 3.15. The first kappa shape index (κ1) is 21.7. The van der Waals surface area contributed by atoms with Crippen LogP contribution in [0.3, 0.4) is 0 Å². The van der Waals surface area contributed by atoms with Crippen molar-refractivity contribution in [1.29, 1.82) is 0 Å². The molecule has 0 aliphatic rings. The summed E-state index contributed by atoms with van der Waals surface area (Å²) in [7, 11) is 0. The first-order valence-electron chi connectivity index (χ1n) is 9.13. The summed E-state index contributed by atoms with van der Waals surface area (Å²) in [5, 5.41) is 10.6. The van der Waals surface area contributed by atoms with E-state index in [1.807, 2.05) is 58.0 Å². The summed E-state index contributed by atoms with van der Waals surface area (Å²) in [5.41, 5.74) is 1.34. The Bertz CT molecular complexity index is 725. The van der Waals surface area contributed by atoms with Crippen LogP contribution >= 0.6 is 22.6 Å². The number of aliphatic hydroxyl groups is 1. The van der Waals surface area contributed by atoms with Crippen LogP contribution in [0.15, 0.2) is 54.6 Å². The molecule has 0 spiro atoms. The first-order valence-corrected chi connectivity index (χ1v) is 10.2. The third-order valence-corrected chi connectivity index (χ3v) is 4.88. The molecule has 27 heavy (non-hydrogen) atoms. The van der Waals surface area contributed by atoms with Gasteiger partial charge in [-0.05, 0) is 80.0 Å². The lowest BCUT2D eigenvalue weighted by atomic mass is 10.0. The zero-order valence-corrected chi connectivity index (χ0v) is 18.5. The molecule has 2 aromatic carbocycles. The predicted octanol–water partition coefficient (Wildman–Crippen LogP) is 5.19. The van der Waals surface area contributed by atoms with Crippen molar-refractivity contribution in [3.63, 3.8) is 0 Å². The summed E-state index contributed by atoms with van der Waals surface area (Å²) in [6.07, 6.45) is -0.481. The third kappa shape index (κ3) is 7.14. The Hall–Kier alpha value is -1.60. The maximum absolute atomic E-state index is 12.8. The number of benzene rings is 2. The van der Waals surface area contributed by atoms with Crippen molar-refractivity contribution < 1.29 is 14.6 Å². The quantitative estimate of drug-likeness (QED) is 0.578. The molecule has 0 unspecified atom stereocenters. The van der Waals surface area contributed by atoms with Crippen LogP contribution in [0.1, 0.15) is 44.9 Å². The summed E-state index contributed by atoms with van der Waals surface area (Å²) < 4.78 is 6.76. The minimum absolute atomic E-state index is 0.113. The number of nitrogens with zero attached hydrogens (tertiary/aromatic N) is 1. The molecule has 146 valence electrons. The van der Waals surface area contributed by atoms with Gasteiger partial charge >= 0.3 is 6.09 Å². The van der Waals surface area contributed by atoms with Gasteiger partial charge in [-0.1, -0.05) is 42.5 Å². The van der Waals surface area contributed by atoms with Crippen molar-refractivity contribution in [3.05, 3.63) is 69.3 Å². The lowest BCUT2D eigenvalue weighted by Crippen LogP contribution is -2.45. The molecular formula is C22H28INO3. The Morgan fingerprint density at radius 1 is 1.11 bits per heavy atom. The van der Waals surface area contributed by atoms with E-state index in [4.69, 9.17) is 4.74 Å². The normalized spacial score (nSPS) is 13.7. The molecule has 1 amide bonds. The van der Waals surface area contributed by atoms with Crippen LogP contribution in [0, 0.1) is 3.57 Å². The fraction of sp³-hybridized carbons (Fsp3) is 0.409. The number of ether oxygens (including phenoxy) is 1. The molecule has 1 N–H and O–H groups in total. The number of amides is 1. The molecule has 0 saturated heterocycles. The van der Waals surface area contributed by atoms with Gasteiger partial charge in [-0.15, -0.1) is 0 Å². The zero-order valence-electron chi connectivity index (χ0n) is 16.4. The maximum atomic E-state index is 12.8. The van der Waals surface area contributed by atoms with E-state index in [-0.39, 0.29) is 12.6 Å². The molecule has 0 saturated carbocycles. The number of carbonyl (C=O) groups is 1. The molecule has 2 rings (SSSR count). The highest BCUT2D eigenvalue weighted by molar-refractivity contribution is 14.1. The summed E-state index contributed by atoms with van der Waals surface area (Å²) in [4.78, 5) is 14.4. The van der Waals surface area contributed by atoms with Crippen LogP contribution in [0.5, 0.6) is 0 Å². The van der Waals surface area contributed by atoms with Gasteiger partial charge in [-0.2, -0.15) is 0 Å². The molecule has 5 heteroatoms. The van der Waals surface area contributed by atoms with Crippen LogP contribution in [0.4, 0.5) is 4.79 Å². The van der Waals surface area contributed by atoms with Crippen LogP contribution in [0.25, 0.3) is 0 Å². The molecule has 0 bridgehead atoms. The van der Waals surface area contributed by atoms with Crippen molar-refractivity contribution >= 4 is 28.7 Å². The topological polar surface area (TPSA) is 49.8 Å².